The Bertz CT molecular complexity index is 611. The highest BCUT2D eigenvalue weighted by molar-refractivity contribution is 7.90. The van der Waals surface area contributed by atoms with Crippen LogP contribution < -0.4 is 5.32 Å². The van der Waals surface area contributed by atoms with E-state index >= 15 is 0 Å². The first-order valence-electron chi connectivity index (χ1n) is 7.19. The molecule has 0 aliphatic carbocycles. The van der Waals surface area contributed by atoms with Gasteiger partial charge in [0.1, 0.15) is 0 Å². The summed E-state index contributed by atoms with van der Waals surface area (Å²) in [5.41, 5.74) is 0.445. The lowest BCUT2D eigenvalue weighted by Gasteiger charge is -2.35. The number of amides is 1. The van der Waals surface area contributed by atoms with E-state index in [0.29, 0.717) is 5.56 Å². The van der Waals surface area contributed by atoms with Crippen LogP contribution in [0.5, 0.6) is 0 Å². The maximum atomic E-state index is 12.7. The van der Waals surface area contributed by atoms with Gasteiger partial charge >= 0.3 is 0 Å². The summed E-state index contributed by atoms with van der Waals surface area (Å²) < 4.78 is 23.2. The number of likely N-dealkylation sites (N-methyl/N-ethyl adjacent to an activating group) is 1. The summed E-state index contributed by atoms with van der Waals surface area (Å²) in [6, 6.07) is 6.48. The van der Waals surface area contributed by atoms with Crippen LogP contribution in [0.3, 0.4) is 0 Å². The molecule has 2 rings (SSSR count). The fraction of sp³-hybridized carbons (Fsp3) is 0.533. The predicted molar refractivity (Wildman–Crippen MR) is 82.2 cm³/mol. The molecule has 1 heterocycles. The average molecular weight is 310 g/mol. The minimum atomic E-state index is -3.30. The van der Waals surface area contributed by atoms with Gasteiger partial charge in [-0.15, -0.1) is 0 Å². The topological polar surface area (TPSA) is 66.5 Å². The van der Waals surface area contributed by atoms with E-state index in [1.165, 1.54) is 12.1 Å². The second-order valence-electron chi connectivity index (χ2n) is 5.51. The summed E-state index contributed by atoms with van der Waals surface area (Å²) in [6.07, 6.45) is 4.26. The van der Waals surface area contributed by atoms with Gasteiger partial charge in [0.05, 0.1) is 4.90 Å². The third-order valence-electron chi connectivity index (χ3n) is 3.84. The van der Waals surface area contributed by atoms with Gasteiger partial charge in [0.2, 0.25) is 0 Å². The van der Waals surface area contributed by atoms with E-state index in [4.69, 9.17) is 0 Å². The molecule has 6 heteroatoms. The third-order valence-corrected chi connectivity index (χ3v) is 4.95. The lowest BCUT2D eigenvalue weighted by molar-refractivity contribution is 0.0615. The van der Waals surface area contributed by atoms with Crippen molar-refractivity contribution in [1.82, 2.24) is 10.2 Å². The molecule has 1 N–H and O–H groups in total. The smallest absolute Gasteiger partial charge is 0.254 e. The molecule has 21 heavy (non-hydrogen) atoms. The number of hydrogen-bond donors (Lipinski definition) is 1. The molecule has 0 bridgehead atoms. The molecule has 1 aromatic carbocycles. The van der Waals surface area contributed by atoms with Crippen LogP contribution >= 0.6 is 0 Å². The molecule has 1 amide bonds. The van der Waals surface area contributed by atoms with Crippen LogP contribution in [0.25, 0.3) is 0 Å². The van der Waals surface area contributed by atoms with Gasteiger partial charge in [-0.1, -0.05) is 6.07 Å². The molecule has 116 valence electrons. The molecule has 1 saturated heterocycles. The van der Waals surface area contributed by atoms with Crippen LogP contribution in [0.4, 0.5) is 0 Å². The van der Waals surface area contributed by atoms with Crippen molar-refractivity contribution >= 4 is 15.7 Å². The number of likely N-dealkylation sites (tertiary alicyclic amines) is 1. The van der Waals surface area contributed by atoms with Crippen molar-refractivity contribution < 1.29 is 13.2 Å². The van der Waals surface area contributed by atoms with E-state index in [1.807, 2.05) is 11.9 Å². The van der Waals surface area contributed by atoms with Gasteiger partial charge in [0.15, 0.2) is 9.84 Å². The quantitative estimate of drug-likeness (QED) is 0.910. The Hall–Kier alpha value is -1.40. The highest BCUT2D eigenvalue weighted by atomic mass is 32.2. The zero-order valence-electron chi connectivity index (χ0n) is 12.5. The van der Waals surface area contributed by atoms with Gasteiger partial charge in [-0.05, 0) is 44.5 Å². The Labute approximate surface area is 126 Å². The zero-order valence-corrected chi connectivity index (χ0v) is 13.3. The number of benzene rings is 1. The molecule has 0 saturated carbocycles. The maximum absolute atomic E-state index is 12.7. The minimum absolute atomic E-state index is 0.0829. The van der Waals surface area contributed by atoms with Gasteiger partial charge in [0.25, 0.3) is 5.91 Å². The Balaban J connectivity index is 2.26. The normalized spacial score (nSPS) is 19.5. The molecule has 1 aliphatic rings. The summed E-state index contributed by atoms with van der Waals surface area (Å²) in [6.45, 7) is 1.49. The SMILES string of the molecule is CNCC1CCCCN1C(=O)c1cccc(S(C)(=O)=O)c1. The van der Waals surface area contributed by atoms with Gasteiger partial charge < -0.3 is 10.2 Å². The van der Waals surface area contributed by atoms with Gasteiger partial charge in [-0.3, -0.25) is 4.79 Å². The van der Waals surface area contributed by atoms with Crippen LogP contribution in [-0.2, 0) is 9.84 Å². The van der Waals surface area contributed by atoms with E-state index in [-0.39, 0.29) is 16.8 Å². The number of nitrogens with one attached hydrogen (secondary N) is 1. The standard InChI is InChI=1S/C15H22N2O3S/c1-16-11-13-7-3-4-9-17(13)15(18)12-6-5-8-14(10-12)21(2,19)20/h5-6,8,10,13,16H,3-4,7,9,11H2,1-2H3. The summed E-state index contributed by atoms with van der Waals surface area (Å²) >= 11 is 0. The monoisotopic (exact) mass is 310 g/mol. The zero-order chi connectivity index (χ0) is 15.5. The van der Waals surface area contributed by atoms with Crippen LogP contribution in [0.2, 0.25) is 0 Å². The fourth-order valence-corrected chi connectivity index (χ4v) is 3.41. The molecule has 1 aromatic rings. The second-order valence-corrected chi connectivity index (χ2v) is 7.52. The van der Waals surface area contributed by atoms with E-state index in [0.717, 1.165) is 38.6 Å². The Morgan fingerprint density at radius 2 is 2.14 bits per heavy atom. The number of hydrogen-bond acceptors (Lipinski definition) is 4. The van der Waals surface area contributed by atoms with Gasteiger partial charge in [0, 0.05) is 31.0 Å². The molecule has 1 fully saturated rings. The maximum Gasteiger partial charge on any atom is 0.254 e. The number of carbonyl (C=O) groups is 1. The highest BCUT2D eigenvalue weighted by Gasteiger charge is 2.27. The number of sulfone groups is 1. The van der Waals surface area contributed by atoms with Crippen molar-refractivity contribution in [3.8, 4) is 0 Å². The lowest BCUT2D eigenvalue weighted by atomic mass is 10.0. The van der Waals surface area contributed by atoms with Crippen molar-refractivity contribution in [2.24, 2.45) is 0 Å². The summed E-state index contributed by atoms with van der Waals surface area (Å²) in [4.78, 5) is 14.7. The Morgan fingerprint density at radius 3 is 2.81 bits per heavy atom. The van der Waals surface area contributed by atoms with Crippen LogP contribution in [0.15, 0.2) is 29.2 Å². The molecule has 1 atom stereocenters. The van der Waals surface area contributed by atoms with E-state index in [2.05, 4.69) is 5.32 Å². The third kappa shape index (κ3) is 3.83. The number of piperidine rings is 1. The summed E-state index contributed by atoms with van der Waals surface area (Å²) in [5.74, 6) is -0.0829. The molecule has 5 nitrogen and oxygen atoms in total. The van der Waals surface area contributed by atoms with Crippen LogP contribution in [-0.4, -0.2) is 51.7 Å². The first-order chi connectivity index (χ1) is 9.93. The number of rotatable bonds is 4. The van der Waals surface area contributed by atoms with Gasteiger partial charge in [-0.2, -0.15) is 0 Å². The Morgan fingerprint density at radius 1 is 1.38 bits per heavy atom. The minimum Gasteiger partial charge on any atom is -0.334 e. The molecule has 0 aromatic heterocycles. The highest BCUT2D eigenvalue weighted by Crippen LogP contribution is 2.20. The number of nitrogens with zero attached hydrogens (tertiary/aromatic N) is 1. The van der Waals surface area contributed by atoms with E-state index in [9.17, 15) is 13.2 Å². The molecular formula is C15H22N2O3S. The van der Waals surface area contributed by atoms with Gasteiger partial charge in [-0.25, -0.2) is 8.42 Å². The van der Waals surface area contributed by atoms with Crippen LogP contribution in [0.1, 0.15) is 29.6 Å². The molecule has 0 radical (unpaired) electrons. The fourth-order valence-electron chi connectivity index (χ4n) is 2.74. The first-order valence-corrected chi connectivity index (χ1v) is 9.08. The van der Waals surface area contributed by atoms with Crippen molar-refractivity contribution in [3.05, 3.63) is 29.8 Å². The first kappa shape index (κ1) is 16.0. The largest absolute Gasteiger partial charge is 0.334 e. The predicted octanol–water partition coefficient (Wildman–Crippen LogP) is 1.30. The van der Waals surface area contributed by atoms with Crippen molar-refractivity contribution in [1.29, 1.82) is 0 Å². The Kier molecular flexibility index (Phi) is 5.00. The number of carbonyl (C=O) groups excluding carboxylic acids is 1. The molecular weight excluding hydrogens is 288 g/mol. The second kappa shape index (κ2) is 6.58. The van der Waals surface area contributed by atoms with Crippen LogP contribution in [0, 0.1) is 0 Å². The summed E-state index contributed by atoms with van der Waals surface area (Å²) in [7, 11) is -1.42. The van der Waals surface area contributed by atoms with E-state index < -0.39 is 9.84 Å². The average Bonchev–Trinajstić information content (AvgIpc) is 2.47. The van der Waals surface area contributed by atoms with Crippen molar-refractivity contribution in [2.45, 2.75) is 30.2 Å². The van der Waals surface area contributed by atoms with Crippen molar-refractivity contribution in [2.75, 3.05) is 26.4 Å². The lowest BCUT2D eigenvalue weighted by Crippen LogP contribution is -2.48. The summed E-state index contributed by atoms with van der Waals surface area (Å²) in [5, 5.41) is 3.12. The molecule has 1 aliphatic heterocycles. The molecule has 1 unspecified atom stereocenters. The molecule has 0 spiro atoms. The van der Waals surface area contributed by atoms with Crippen molar-refractivity contribution in [3.63, 3.8) is 0 Å². The van der Waals surface area contributed by atoms with E-state index in [1.54, 1.807) is 12.1 Å².